The third kappa shape index (κ3) is 2.88. The Morgan fingerprint density at radius 3 is 2.78 bits per heavy atom. The number of anilines is 2. The molecule has 0 radical (unpaired) electrons. The van der Waals surface area contributed by atoms with Crippen LogP contribution in [-0.4, -0.2) is 33.3 Å². The van der Waals surface area contributed by atoms with Gasteiger partial charge in [0.2, 0.25) is 5.43 Å². The summed E-state index contributed by atoms with van der Waals surface area (Å²) in [5.41, 5.74) is 3.82. The Hall–Kier alpha value is -2.47. The van der Waals surface area contributed by atoms with Crippen LogP contribution in [-0.2, 0) is 0 Å². The minimum absolute atomic E-state index is 0.0435. The molecule has 4 heterocycles. The molecule has 0 bridgehead atoms. The fourth-order valence-corrected chi connectivity index (χ4v) is 4.84. The minimum Gasteiger partial charge on any atom is -0.490 e. The average Bonchev–Trinajstić information content (AvgIpc) is 3.13. The van der Waals surface area contributed by atoms with Crippen molar-refractivity contribution in [2.24, 2.45) is 0 Å². The first-order chi connectivity index (χ1) is 13.2. The number of hydrogen-bond acceptors (Lipinski definition) is 6. The van der Waals surface area contributed by atoms with Gasteiger partial charge in [-0.3, -0.25) is 4.79 Å². The number of fused-ring (bicyclic) bond motifs is 2. The van der Waals surface area contributed by atoms with E-state index in [0.717, 1.165) is 55.0 Å². The predicted octanol–water partition coefficient (Wildman–Crippen LogP) is 4.34. The summed E-state index contributed by atoms with van der Waals surface area (Å²) in [6.45, 7) is 3.48. The van der Waals surface area contributed by atoms with Crippen molar-refractivity contribution in [1.82, 2.24) is 0 Å². The van der Waals surface area contributed by atoms with E-state index in [1.54, 1.807) is 6.07 Å². The highest BCUT2D eigenvalue weighted by atomic mass is 32.1. The highest BCUT2D eigenvalue weighted by Crippen LogP contribution is 2.39. The van der Waals surface area contributed by atoms with Crippen LogP contribution in [0.2, 0.25) is 0 Å². The molecular formula is C21H22N2O3S. The van der Waals surface area contributed by atoms with Crippen molar-refractivity contribution in [2.75, 3.05) is 43.1 Å². The van der Waals surface area contributed by atoms with Crippen LogP contribution >= 0.6 is 11.3 Å². The summed E-state index contributed by atoms with van der Waals surface area (Å²) >= 11 is 1.45. The summed E-state index contributed by atoms with van der Waals surface area (Å²) in [6.07, 6.45) is 3.54. The molecule has 1 fully saturated rings. The van der Waals surface area contributed by atoms with Gasteiger partial charge in [-0.25, -0.2) is 0 Å². The second-order valence-electron chi connectivity index (χ2n) is 7.26. The molecule has 2 aromatic heterocycles. The number of rotatable bonds is 2. The van der Waals surface area contributed by atoms with Crippen molar-refractivity contribution in [2.45, 2.75) is 19.3 Å². The molecule has 3 aromatic rings. The minimum atomic E-state index is 0.0435. The Morgan fingerprint density at radius 2 is 1.93 bits per heavy atom. The normalized spacial score (nSPS) is 17.1. The topological polar surface area (TPSA) is 45.9 Å². The summed E-state index contributed by atoms with van der Waals surface area (Å²) in [7, 11) is 2.07. The lowest BCUT2D eigenvalue weighted by atomic mass is 10.1. The highest BCUT2D eigenvalue weighted by Gasteiger charge is 2.20. The molecule has 6 heteroatoms. The van der Waals surface area contributed by atoms with Crippen LogP contribution in [0.25, 0.3) is 21.4 Å². The molecule has 0 aliphatic carbocycles. The Balaban J connectivity index is 1.61. The van der Waals surface area contributed by atoms with E-state index >= 15 is 0 Å². The van der Waals surface area contributed by atoms with Crippen LogP contribution in [0.4, 0.5) is 11.6 Å². The quantitative estimate of drug-likeness (QED) is 0.660. The van der Waals surface area contributed by atoms with Gasteiger partial charge in [-0.2, -0.15) is 0 Å². The molecule has 27 heavy (non-hydrogen) atoms. The molecule has 5 rings (SSSR count). The van der Waals surface area contributed by atoms with E-state index in [4.69, 9.17) is 9.15 Å². The van der Waals surface area contributed by atoms with Gasteiger partial charge in [0.1, 0.15) is 17.1 Å². The van der Waals surface area contributed by atoms with Gasteiger partial charge in [-0.1, -0.05) is 6.07 Å². The lowest BCUT2D eigenvalue weighted by Gasteiger charge is -2.28. The van der Waals surface area contributed by atoms with Crippen LogP contribution in [0.15, 0.2) is 38.9 Å². The van der Waals surface area contributed by atoms with Gasteiger partial charge in [-0.15, -0.1) is 11.3 Å². The number of benzene rings is 1. The van der Waals surface area contributed by atoms with E-state index in [1.807, 2.05) is 5.38 Å². The van der Waals surface area contributed by atoms with Crippen molar-refractivity contribution >= 4 is 33.2 Å². The molecular weight excluding hydrogens is 360 g/mol. The standard InChI is InChI=1S/C21H22N2O3S/c1-22-9-10-25-18-11-14(5-6-16(18)22)15-13-27-21-17(24)12-19(26-20(15)21)23-7-3-2-4-8-23/h5-6,11-13H,2-4,7-10H2,1H3. The van der Waals surface area contributed by atoms with Crippen LogP contribution in [0.3, 0.4) is 0 Å². The van der Waals surface area contributed by atoms with Gasteiger partial charge in [0.25, 0.3) is 0 Å². The van der Waals surface area contributed by atoms with Gasteiger partial charge in [0.05, 0.1) is 12.2 Å². The maximum atomic E-state index is 12.7. The SMILES string of the molecule is CN1CCOc2cc(-c3csc4c(=O)cc(N5CCCCC5)oc34)ccc21. The van der Waals surface area contributed by atoms with Gasteiger partial charge in [0.15, 0.2) is 11.5 Å². The molecule has 0 atom stereocenters. The molecule has 2 aliphatic rings. The molecule has 1 saturated heterocycles. The molecule has 0 saturated carbocycles. The molecule has 5 nitrogen and oxygen atoms in total. The first-order valence-electron chi connectivity index (χ1n) is 9.49. The third-order valence-electron chi connectivity index (χ3n) is 5.46. The summed E-state index contributed by atoms with van der Waals surface area (Å²) in [6, 6.07) is 7.87. The predicted molar refractivity (Wildman–Crippen MR) is 111 cm³/mol. The van der Waals surface area contributed by atoms with Gasteiger partial charge in [-0.05, 0) is 37.0 Å². The van der Waals surface area contributed by atoms with E-state index in [-0.39, 0.29) is 5.43 Å². The van der Waals surface area contributed by atoms with Crippen molar-refractivity contribution in [3.63, 3.8) is 0 Å². The van der Waals surface area contributed by atoms with E-state index in [0.29, 0.717) is 22.8 Å². The number of likely N-dealkylation sites (N-methyl/N-ethyl adjacent to an activating group) is 1. The van der Waals surface area contributed by atoms with Crippen LogP contribution in [0.1, 0.15) is 19.3 Å². The van der Waals surface area contributed by atoms with Crippen molar-refractivity contribution in [1.29, 1.82) is 0 Å². The van der Waals surface area contributed by atoms with E-state index in [9.17, 15) is 4.79 Å². The van der Waals surface area contributed by atoms with E-state index in [2.05, 4.69) is 35.0 Å². The first-order valence-corrected chi connectivity index (χ1v) is 10.4. The average molecular weight is 382 g/mol. The van der Waals surface area contributed by atoms with Gasteiger partial charge in [0, 0.05) is 37.1 Å². The third-order valence-corrected chi connectivity index (χ3v) is 6.44. The maximum absolute atomic E-state index is 12.7. The summed E-state index contributed by atoms with van der Waals surface area (Å²) < 4.78 is 12.8. The first kappa shape index (κ1) is 16.7. The number of ether oxygens (including phenoxy) is 1. The fourth-order valence-electron chi connectivity index (χ4n) is 3.93. The zero-order valence-corrected chi connectivity index (χ0v) is 16.2. The fraction of sp³-hybridized carbons (Fsp3) is 0.381. The summed E-state index contributed by atoms with van der Waals surface area (Å²) in [4.78, 5) is 17.0. The Kier molecular flexibility index (Phi) is 4.08. The van der Waals surface area contributed by atoms with Crippen molar-refractivity contribution in [3.8, 4) is 16.9 Å². The molecule has 0 spiro atoms. The number of thiophene rings is 1. The van der Waals surface area contributed by atoms with Crippen molar-refractivity contribution in [3.05, 3.63) is 39.9 Å². The summed E-state index contributed by atoms with van der Waals surface area (Å²) in [5, 5.41) is 2.02. The second-order valence-corrected chi connectivity index (χ2v) is 8.14. The van der Waals surface area contributed by atoms with Gasteiger partial charge < -0.3 is 19.0 Å². The van der Waals surface area contributed by atoms with Gasteiger partial charge >= 0.3 is 0 Å². The monoisotopic (exact) mass is 382 g/mol. The van der Waals surface area contributed by atoms with Crippen LogP contribution in [0.5, 0.6) is 5.75 Å². The van der Waals surface area contributed by atoms with Crippen molar-refractivity contribution < 1.29 is 9.15 Å². The number of hydrogen-bond donors (Lipinski definition) is 0. The lowest BCUT2D eigenvalue weighted by molar-refractivity contribution is 0.311. The molecule has 0 amide bonds. The number of piperidine rings is 1. The largest absolute Gasteiger partial charge is 0.490 e. The van der Waals surface area contributed by atoms with E-state index < -0.39 is 0 Å². The summed E-state index contributed by atoms with van der Waals surface area (Å²) in [5.74, 6) is 1.58. The maximum Gasteiger partial charge on any atom is 0.204 e. The number of nitrogens with zero attached hydrogens (tertiary/aromatic N) is 2. The smallest absolute Gasteiger partial charge is 0.204 e. The van der Waals surface area contributed by atoms with E-state index in [1.165, 1.54) is 17.8 Å². The van der Waals surface area contributed by atoms with Crippen LogP contribution < -0.4 is 20.0 Å². The zero-order chi connectivity index (χ0) is 18.4. The molecule has 0 unspecified atom stereocenters. The highest BCUT2D eigenvalue weighted by molar-refractivity contribution is 7.17. The Morgan fingerprint density at radius 1 is 1.07 bits per heavy atom. The molecule has 140 valence electrons. The molecule has 1 aromatic carbocycles. The molecule has 0 N–H and O–H groups in total. The Labute approximate surface area is 161 Å². The van der Waals surface area contributed by atoms with Crippen LogP contribution in [0, 0.1) is 0 Å². The second kappa shape index (κ2) is 6.60. The lowest BCUT2D eigenvalue weighted by Crippen LogP contribution is -2.29. The zero-order valence-electron chi connectivity index (χ0n) is 15.4. The Bertz CT molecular complexity index is 1050. The molecule has 2 aliphatic heterocycles.